The van der Waals surface area contributed by atoms with Crippen molar-refractivity contribution in [3.63, 3.8) is 0 Å². The number of hydrogen-bond donors (Lipinski definition) is 1. The molecule has 5 heteroatoms. The molecule has 0 bridgehead atoms. The summed E-state index contributed by atoms with van der Waals surface area (Å²) < 4.78 is 3.25. The van der Waals surface area contributed by atoms with Gasteiger partial charge in [-0.15, -0.1) is 0 Å². The number of rotatable bonds is 2. The number of nitrogens with two attached hydrogens (primary N) is 1. The van der Waals surface area contributed by atoms with Crippen LogP contribution in [0.25, 0.3) is 5.69 Å². The van der Waals surface area contributed by atoms with Crippen molar-refractivity contribution >= 4 is 17.3 Å². The largest absolute Gasteiger partial charge is 0.393 e. The molecule has 0 aliphatic rings. The summed E-state index contributed by atoms with van der Waals surface area (Å²) in [5.41, 5.74) is 7.33. The van der Waals surface area contributed by atoms with Gasteiger partial charge in [-0.2, -0.15) is 0 Å². The molecule has 90 valence electrons. The van der Waals surface area contributed by atoms with E-state index in [1.54, 1.807) is 23.9 Å². The lowest BCUT2D eigenvalue weighted by Gasteiger charge is -2.10. The van der Waals surface area contributed by atoms with Crippen LogP contribution in [0.15, 0.2) is 29.1 Å². The molecular formula is C12H14ClN3O. The summed E-state index contributed by atoms with van der Waals surface area (Å²) in [6.07, 6.45) is 0.703. The van der Waals surface area contributed by atoms with Crippen molar-refractivity contribution in [2.45, 2.75) is 13.3 Å². The Hall–Kier alpha value is -1.68. The monoisotopic (exact) mass is 251 g/mol. The Morgan fingerprint density at radius 1 is 1.35 bits per heavy atom. The first-order chi connectivity index (χ1) is 8.07. The molecule has 2 N–H and O–H groups in total. The second-order valence-corrected chi connectivity index (χ2v) is 4.21. The van der Waals surface area contributed by atoms with Crippen LogP contribution in [-0.2, 0) is 13.5 Å². The smallest absolute Gasteiger partial charge is 0.294 e. The van der Waals surface area contributed by atoms with Crippen molar-refractivity contribution < 1.29 is 0 Å². The zero-order chi connectivity index (χ0) is 12.6. The Balaban J connectivity index is 2.78. The number of hydrogen-bond acceptors (Lipinski definition) is 2. The lowest BCUT2D eigenvalue weighted by molar-refractivity contribution is 0.619. The molecule has 0 saturated heterocycles. The predicted molar refractivity (Wildman–Crippen MR) is 69.8 cm³/mol. The second kappa shape index (κ2) is 4.30. The molecule has 0 aliphatic heterocycles. The summed E-state index contributed by atoms with van der Waals surface area (Å²) in [7, 11) is 1.81. The second-order valence-electron chi connectivity index (χ2n) is 3.81. The van der Waals surface area contributed by atoms with E-state index in [1.807, 2.05) is 19.1 Å². The summed E-state index contributed by atoms with van der Waals surface area (Å²) in [6, 6.07) is 7.20. The van der Waals surface area contributed by atoms with Crippen LogP contribution < -0.4 is 11.3 Å². The fraction of sp³-hybridized carbons (Fsp3) is 0.250. The SMILES string of the molecule is CCc1c(N)c(=O)n(-c2ccccc2Cl)n1C. The van der Waals surface area contributed by atoms with Crippen LogP contribution in [0.5, 0.6) is 0 Å². The maximum Gasteiger partial charge on any atom is 0.294 e. The van der Waals surface area contributed by atoms with Crippen LogP contribution in [-0.4, -0.2) is 9.36 Å². The Labute approximate surface area is 104 Å². The molecular weight excluding hydrogens is 238 g/mol. The first kappa shape index (κ1) is 11.8. The van der Waals surface area contributed by atoms with Gasteiger partial charge in [0.15, 0.2) is 0 Å². The number of aromatic nitrogens is 2. The van der Waals surface area contributed by atoms with E-state index in [9.17, 15) is 4.79 Å². The molecule has 4 nitrogen and oxygen atoms in total. The Morgan fingerprint density at radius 2 is 2.00 bits per heavy atom. The summed E-state index contributed by atoms with van der Waals surface area (Å²) in [4.78, 5) is 12.1. The third-order valence-electron chi connectivity index (χ3n) is 2.84. The zero-order valence-electron chi connectivity index (χ0n) is 9.77. The topological polar surface area (TPSA) is 53.0 Å². The molecule has 0 atom stereocenters. The summed E-state index contributed by atoms with van der Waals surface area (Å²) >= 11 is 6.09. The number of anilines is 1. The minimum Gasteiger partial charge on any atom is -0.393 e. The van der Waals surface area contributed by atoms with Gasteiger partial charge in [0, 0.05) is 7.05 Å². The van der Waals surface area contributed by atoms with Crippen LogP contribution in [0.4, 0.5) is 5.69 Å². The maximum atomic E-state index is 12.1. The highest BCUT2D eigenvalue weighted by atomic mass is 35.5. The molecule has 0 radical (unpaired) electrons. The molecule has 0 amide bonds. The van der Waals surface area contributed by atoms with E-state index in [-0.39, 0.29) is 11.2 Å². The maximum absolute atomic E-state index is 12.1. The van der Waals surface area contributed by atoms with Crippen LogP contribution in [0, 0.1) is 0 Å². The molecule has 2 aromatic rings. The predicted octanol–water partition coefficient (Wildman–Crippen LogP) is 1.97. The highest BCUT2D eigenvalue weighted by molar-refractivity contribution is 6.32. The molecule has 1 heterocycles. The molecule has 1 aromatic heterocycles. The molecule has 0 unspecified atom stereocenters. The average Bonchev–Trinajstić information content (AvgIpc) is 2.52. The lowest BCUT2D eigenvalue weighted by atomic mass is 10.3. The third kappa shape index (κ3) is 1.74. The quantitative estimate of drug-likeness (QED) is 0.887. The molecule has 0 spiro atoms. The van der Waals surface area contributed by atoms with Gasteiger partial charge in [-0.1, -0.05) is 30.7 Å². The molecule has 0 fully saturated rings. The Kier molecular flexibility index (Phi) is 2.98. The molecule has 17 heavy (non-hydrogen) atoms. The van der Waals surface area contributed by atoms with Crippen molar-refractivity contribution in [3.05, 3.63) is 45.3 Å². The molecule has 0 saturated carbocycles. The van der Waals surface area contributed by atoms with E-state index >= 15 is 0 Å². The highest BCUT2D eigenvalue weighted by Gasteiger charge is 2.16. The van der Waals surface area contributed by atoms with E-state index in [0.717, 1.165) is 5.69 Å². The van der Waals surface area contributed by atoms with Gasteiger partial charge in [0.1, 0.15) is 5.69 Å². The summed E-state index contributed by atoms with van der Waals surface area (Å²) in [5, 5.41) is 0.526. The zero-order valence-corrected chi connectivity index (χ0v) is 10.5. The molecule has 1 aromatic carbocycles. The number of nitrogen functional groups attached to an aromatic ring is 1. The van der Waals surface area contributed by atoms with Crippen LogP contribution in [0.2, 0.25) is 5.02 Å². The van der Waals surface area contributed by atoms with Crippen molar-refractivity contribution in [1.29, 1.82) is 0 Å². The van der Waals surface area contributed by atoms with Crippen LogP contribution >= 0.6 is 11.6 Å². The molecule has 2 rings (SSSR count). The fourth-order valence-corrected chi connectivity index (χ4v) is 2.20. The Bertz CT molecular complexity index is 613. The van der Waals surface area contributed by atoms with E-state index in [2.05, 4.69) is 0 Å². The number of halogens is 1. The van der Waals surface area contributed by atoms with E-state index in [4.69, 9.17) is 17.3 Å². The summed E-state index contributed by atoms with van der Waals surface area (Å²) in [5.74, 6) is 0. The van der Waals surface area contributed by atoms with E-state index in [0.29, 0.717) is 17.1 Å². The van der Waals surface area contributed by atoms with Gasteiger partial charge < -0.3 is 5.73 Å². The summed E-state index contributed by atoms with van der Waals surface area (Å²) in [6.45, 7) is 1.96. The van der Waals surface area contributed by atoms with Gasteiger partial charge in [-0.25, -0.2) is 4.68 Å². The van der Waals surface area contributed by atoms with Gasteiger partial charge in [-0.05, 0) is 18.6 Å². The van der Waals surface area contributed by atoms with Gasteiger partial charge >= 0.3 is 0 Å². The average molecular weight is 252 g/mol. The van der Waals surface area contributed by atoms with Crippen LogP contribution in [0.3, 0.4) is 0 Å². The van der Waals surface area contributed by atoms with E-state index < -0.39 is 0 Å². The van der Waals surface area contributed by atoms with Crippen molar-refractivity contribution in [3.8, 4) is 5.69 Å². The van der Waals surface area contributed by atoms with Crippen molar-refractivity contribution in [2.75, 3.05) is 5.73 Å². The minimum atomic E-state index is -0.225. The standard InChI is InChI=1S/C12H14ClN3O/c1-3-9-11(14)12(17)16(15(9)2)10-7-5-4-6-8(10)13/h4-7H,3,14H2,1-2H3. The molecule has 0 aliphatic carbocycles. The number of para-hydroxylation sites is 1. The third-order valence-corrected chi connectivity index (χ3v) is 3.16. The number of benzene rings is 1. The van der Waals surface area contributed by atoms with Gasteiger partial charge in [-0.3, -0.25) is 9.48 Å². The fourth-order valence-electron chi connectivity index (χ4n) is 1.98. The Morgan fingerprint density at radius 3 is 2.53 bits per heavy atom. The van der Waals surface area contributed by atoms with Gasteiger partial charge in [0.25, 0.3) is 5.56 Å². The highest BCUT2D eigenvalue weighted by Crippen LogP contribution is 2.20. The van der Waals surface area contributed by atoms with Gasteiger partial charge in [0.05, 0.1) is 16.4 Å². The number of nitrogens with zero attached hydrogens (tertiary/aromatic N) is 2. The van der Waals surface area contributed by atoms with Crippen molar-refractivity contribution in [2.24, 2.45) is 7.05 Å². The first-order valence-corrected chi connectivity index (χ1v) is 5.77. The first-order valence-electron chi connectivity index (χ1n) is 5.39. The van der Waals surface area contributed by atoms with E-state index in [1.165, 1.54) is 4.68 Å². The minimum absolute atomic E-state index is 0.225. The normalized spacial score (nSPS) is 10.8. The lowest BCUT2D eigenvalue weighted by Crippen LogP contribution is -2.21. The van der Waals surface area contributed by atoms with Crippen molar-refractivity contribution in [1.82, 2.24) is 9.36 Å². The van der Waals surface area contributed by atoms with Gasteiger partial charge in [0.2, 0.25) is 0 Å². The van der Waals surface area contributed by atoms with Crippen LogP contribution in [0.1, 0.15) is 12.6 Å².